The number of carbonyl (C=O) groups excluding carboxylic acids is 2. The second-order valence-electron chi connectivity index (χ2n) is 22.5. The Morgan fingerprint density at radius 1 is 0.380 bits per heavy atom. The van der Waals surface area contributed by atoms with Gasteiger partial charge in [-0.25, -0.2) is 0 Å². The number of unbranched alkanes of at least 4 members (excludes halogenated alkanes) is 48. The minimum absolute atomic E-state index is 0.00643. The fraction of sp³-hybridized carbons (Fsp3) is 0.938. The first-order valence-electron chi connectivity index (χ1n) is 32.4. The Bertz CT molecular complexity index is 1060. The molecule has 0 aliphatic carbocycles. The zero-order chi connectivity index (χ0) is 51.4. The SMILES string of the molecule is CCCCCCCCCCCCCCCCCCCCCCCCC(O)C(CO)NC(=O)CCCCC/C=C\CCCCCCCCOC(=O)CCCCCCCCCCCCCCCCCCCCC. The smallest absolute Gasteiger partial charge is 0.305 e. The van der Waals surface area contributed by atoms with Crippen LogP contribution in [-0.2, 0) is 14.3 Å². The average Bonchev–Trinajstić information content (AvgIpc) is 3.37. The van der Waals surface area contributed by atoms with E-state index in [0.29, 0.717) is 25.9 Å². The zero-order valence-corrected chi connectivity index (χ0v) is 48.2. The Kier molecular flexibility index (Phi) is 59.9. The quantitative estimate of drug-likeness (QED) is 0.0320. The number of amides is 1. The topological polar surface area (TPSA) is 95.9 Å². The molecule has 6 heteroatoms. The van der Waals surface area contributed by atoms with Gasteiger partial charge in [-0.05, 0) is 51.4 Å². The Morgan fingerprint density at radius 3 is 1.01 bits per heavy atom. The van der Waals surface area contributed by atoms with Crippen molar-refractivity contribution in [3.05, 3.63) is 12.2 Å². The summed E-state index contributed by atoms with van der Waals surface area (Å²) in [6.07, 6.45) is 73.7. The van der Waals surface area contributed by atoms with Crippen LogP contribution in [0.4, 0.5) is 0 Å². The molecule has 6 nitrogen and oxygen atoms in total. The van der Waals surface area contributed by atoms with Crippen molar-refractivity contribution in [1.29, 1.82) is 0 Å². The summed E-state index contributed by atoms with van der Waals surface area (Å²) in [7, 11) is 0. The van der Waals surface area contributed by atoms with Gasteiger partial charge in [0.05, 0.1) is 25.4 Å². The number of hydrogen-bond acceptors (Lipinski definition) is 5. The van der Waals surface area contributed by atoms with Crippen molar-refractivity contribution >= 4 is 11.9 Å². The number of esters is 1. The van der Waals surface area contributed by atoms with Crippen LogP contribution in [0.25, 0.3) is 0 Å². The van der Waals surface area contributed by atoms with E-state index in [-0.39, 0.29) is 18.5 Å². The maximum atomic E-state index is 12.5. The molecule has 0 aromatic heterocycles. The standard InChI is InChI=1S/C65H127NO5/c1-3-5-7-9-11-13-15-17-19-21-23-24-25-27-28-30-33-37-41-45-49-53-57-63(68)62(61-67)66-64(69)58-54-50-46-42-38-34-32-36-40-44-48-52-56-60-71-65(70)59-55-51-47-43-39-35-31-29-26-22-20-18-16-14-12-10-8-6-4-2/h34,38,62-63,67-68H,3-33,35-37,39-61H2,1-2H3,(H,66,69)/b38-34-. The van der Waals surface area contributed by atoms with Gasteiger partial charge >= 0.3 is 5.97 Å². The number of nitrogens with one attached hydrogen (secondary N) is 1. The lowest BCUT2D eigenvalue weighted by molar-refractivity contribution is -0.143. The van der Waals surface area contributed by atoms with E-state index in [1.807, 2.05) is 0 Å². The molecule has 0 radical (unpaired) electrons. The highest BCUT2D eigenvalue weighted by Crippen LogP contribution is 2.18. The molecule has 0 aliphatic heterocycles. The fourth-order valence-corrected chi connectivity index (χ4v) is 10.3. The zero-order valence-electron chi connectivity index (χ0n) is 48.2. The lowest BCUT2D eigenvalue weighted by atomic mass is 10.0. The normalized spacial score (nSPS) is 12.6. The van der Waals surface area contributed by atoms with E-state index in [1.165, 1.54) is 263 Å². The van der Waals surface area contributed by atoms with Crippen molar-refractivity contribution in [2.24, 2.45) is 0 Å². The summed E-state index contributed by atoms with van der Waals surface area (Å²) in [5, 5.41) is 23.4. The summed E-state index contributed by atoms with van der Waals surface area (Å²) < 4.78 is 5.49. The number of carbonyl (C=O) groups is 2. The predicted molar refractivity (Wildman–Crippen MR) is 310 cm³/mol. The molecule has 0 rings (SSSR count). The molecule has 2 atom stereocenters. The highest BCUT2D eigenvalue weighted by molar-refractivity contribution is 5.76. The van der Waals surface area contributed by atoms with Crippen LogP contribution < -0.4 is 5.32 Å². The van der Waals surface area contributed by atoms with Crippen LogP contribution >= 0.6 is 0 Å². The molecular formula is C65H127NO5. The van der Waals surface area contributed by atoms with Gasteiger partial charge in [-0.3, -0.25) is 9.59 Å². The number of aliphatic hydroxyl groups is 2. The molecule has 1 amide bonds. The molecular weight excluding hydrogens is 875 g/mol. The summed E-state index contributed by atoms with van der Waals surface area (Å²) in [4.78, 5) is 24.6. The van der Waals surface area contributed by atoms with E-state index in [0.717, 1.165) is 70.6 Å². The van der Waals surface area contributed by atoms with Gasteiger partial charge < -0.3 is 20.3 Å². The van der Waals surface area contributed by atoms with Gasteiger partial charge in [0.15, 0.2) is 0 Å². The third kappa shape index (κ3) is 57.7. The molecule has 0 saturated heterocycles. The van der Waals surface area contributed by atoms with Gasteiger partial charge in [-0.2, -0.15) is 0 Å². The summed E-state index contributed by atoms with van der Waals surface area (Å²) in [6.45, 7) is 4.95. The van der Waals surface area contributed by atoms with E-state index in [4.69, 9.17) is 4.74 Å². The maximum Gasteiger partial charge on any atom is 0.305 e. The molecule has 0 heterocycles. The van der Waals surface area contributed by atoms with E-state index >= 15 is 0 Å². The Balaban J connectivity index is 3.45. The van der Waals surface area contributed by atoms with Crippen LogP contribution in [0, 0.1) is 0 Å². The van der Waals surface area contributed by atoms with Crippen molar-refractivity contribution in [1.82, 2.24) is 5.32 Å². The average molecular weight is 1000 g/mol. The molecule has 0 aliphatic rings. The van der Waals surface area contributed by atoms with Crippen LogP contribution in [0.5, 0.6) is 0 Å². The second-order valence-corrected chi connectivity index (χ2v) is 22.5. The second kappa shape index (κ2) is 61.1. The molecule has 71 heavy (non-hydrogen) atoms. The number of ether oxygens (including phenoxy) is 1. The van der Waals surface area contributed by atoms with Gasteiger partial charge in [0.1, 0.15) is 0 Å². The van der Waals surface area contributed by atoms with Crippen LogP contribution in [0.15, 0.2) is 12.2 Å². The molecule has 3 N–H and O–H groups in total. The number of hydrogen-bond donors (Lipinski definition) is 3. The number of rotatable bonds is 61. The van der Waals surface area contributed by atoms with Gasteiger partial charge in [0.25, 0.3) is 0 Å². The van der Waals surface area contributed by atoms with E-state index in [2.05, 4.69) is 31.3 Å². The molecule has 0 aromatic carbocycles. The summed E-state index contributed by atoms with van der Waals surface area (Å²) >= 11 is 0. The molecule has 0 saturated carbocycles. The minimum Gasteiger partial charge on any atom is -0.466 e. The summed E-state index contributed by atoms with van der Waals surface area (Å²) in [5.41, 5.74) is 0. The van der Waals surface area contributed by atoms with Crippen molar-refractivity contribution in [3.8, 4) is 0 Å². The maximum absolute atomic E-state index is 12.5. The third-order valence-corrected chi connectivity index (χ3v) is 15.3. The van der Waals surface area contributed by atoms with E-state index in [1.54, 1.807) is 0 Å². The molecule has 0 aromatic rings. The van der Waals surface area contributed by atoms with E-state index < -0.39 is 12.1 Å². The molecule has 0 spiro atoms. The Labute approximate surface area is 444 Å². The molecule has 0 fully saturated rings. The number of aliphatic hydroxyl groups excluding tert-OH is 2. The van der Waals surface area contributed by atoms with Gasteiger partial charge in [0.2, 0.25) is 5.91 Å². The van der Waals surface area contributed by atoms with Crippen LogP contribution in [-0.4, -0.2) is 47.4 Å². The van der Waals surface area contributed by atoms with Gasteiger partial charge in [0, 0.05) is 12.8 Å². The van der Waals surface area contributed by atoms with E-state index in [9.17, 15) is 19.8 Å². The molecule has 422 valence electrons. The Hall–Kier alpha value is -1.40. The van der Waals surface area contributed by atoms with Crippen LogP contribution in [0.2, 0.25) is 0 Å². The lowest BCUT2D eigenvalue weighted by Gasteiger charge is -2.22. The van der Waals surface area contributed by atoms with Gasteiger partial charge in [-0.1, -0.05) is 315 Å². The van der Waals surface area contributed by atoms with Crippen molar-refractivity contribution in [2.75, 3.05) is 13.2 Å². The summed E-state index contributed by atoms with van der Waals surface area (Å²) in [5.74, 6) is -0.0667. The molecule has 2 unspecified atom stereocenters. The number of allylic oxidation sites excluding steroid dienone is 2. The minimum atomic E-state index is -0.682. The fourth-order valence-electron chi connectivity index (χ4n) is 10.3. The van der Waals surface area contributed by atoms with Gasteiger partial charge in [-0.15, -0.1) is 0 Å². The first kappa shape index (κ1) is 69.6. The van der Waals surface area contributed by atoms with Crippen molar-refractivity contribution < 1.29 is 24.5 Å². The van der Waals surface area contributed by atoms with Crippen molar-refractivity contribution in [3.63, 3.8) is 0 Å². The largest absolute Gasteiger partial charge is 0.466 e. The van der Waals surface area contributed by atoms with Crippen LogP contribution in [0.3, 0.4) is 0 Å². The predicted octanol–water partition coefficient (Wildman–Crippen LogP) is 20.4. The molecule has 0 bridgehead atoms. The Morgan fingerprint density at radius 2 is 0.662 bits per heavy atom. The van der Waals surface area contributed by atoms with Crippen molar-refractivity contribution in [2.45, 2.75) is 379 Å². The first-order valence-corrected chi connectivity index (χ1v) is 32.4. The highest BCUT2D eigenvalue weighted by atomic mass is 16.5. The first-order chi connectivity index (χ1) is 35.0. The third-order valence-electron chi connectivity index (χ3n) is 15.3. The van der Waals surface area contributed by atoms with Crippen LogP contribution in [0.1, 0.15) is 367 Å². The summed E-state index contributed by atoms with van der Waals surface area (Å²) in [6, 6.07) is -0.562. The monoisotopic (exact) mass is 1000 g/mol. The highest BCUT2D eigenvalue weighted by Gasteiger charge is 2.20. The lowest BCUT2D eigenvalue weighted by Crippen LogP contribution is -2.45.